The molecule has 0 amide bonds. The van der Waals surface area contributed by atoms with Gasteiger partial charge in [-0.05, 0) is 19.1 Å². The second-order valence-electron chi connectivity index (χ2n) is 4.04. The molecule has 0 spiro atoms. The first-order valence-electron chi connectivity index (χ1n) is 6.24. The number of aromatic nitrogens is 1. The molecule has 0 saturated heterocycles. The Hall–Kier alpha value is -2.15. The van der Waals surface area contributed by atoms with Gasteiger partial charge in [-0.15, -0.1) is 0 Å². The minimum atomic E-state index is 0.964. The van der Waals surface area contributed by atoms with Crippen LogP contribution in [-0.4, -0.2) is 0 Å². The van der Waals surface area contributed by atoms with E-state index < -0.39 is 0 Å². The highest BCUT2D eigenvalue weighted by molar-refractivity contribution is 5.76. The molecule has 0 bridgehead atoms. The van der Waals surface area contributed by atoms with Crippen LogP contribution in [0.2, 0.25) is 0 Å². The van der Waals surface area contributed by atoms with E-state index in [1.165, 1.54) is 16.6 Å². The highest BCUT2D eigenvalue weighted by Gasteiger charge is 2.10. The lowest BCUT2D eigenvalue weighted by Crippen LogP contribution is -2.36. The average Bonchev–Trinajstić information content (AvgIpc) is 2.43. The summed E-state index contributed by atoms with van der Waals surface area (Å²) in [6.45, 7) is 6.79. The minimum absolute atomic E-state index is 0.964. The molecule has 0 aliphatic carbocycles. The van der Waals surface area contributed by atoms with Crippen LogP contribution in [0.5, 0.6) is 0 Å². The third-order valence-corrected chi connectivity index (χ3v) is 2.91. The molecule has 0 aliphatic rings. The molecule has 1 heterocycles. The maximum Gasteiger partial charge on any atom is 0.212 e. The first-order valence-corrected chi connectivity index (χ1v) is 6.24. The Morgan fingerprint density at radius 1 is 1.06 bits per heavy atom. The zero-order valence-corrected chi connectivity index (χ0v) is 10.7. The molecule has 2 aromatic rings. The Morgan fingerprint density at radius 2 is 1.89 bits per heavy atom. The number of nitrogens with zero attached hydrogens (tertiary/aromatic N) is 1. The van der Waals surface area contributed by atoms with Gasteiger partial charge >= 0.3 is 0 Å². The quantitative estimate of drug-likeness (QED) is 0.560. The topological polar surface area (TPSA) is 3.88 Å². The fraction of sp³-hybridized carbons (Fsp3) is 0.118. The normalized spacial score (nSPS) is 11.6. The van der Waals surface area contributed by atoms with E-state index in [1.54, 1.807) is 6.08 Å². The fourth-order valence-corrected chi connectivity index (χ4v) is 2.07. The van der Waals surface area contributed by atoms with E-state index in [0.29, 0.717) is 0 Å². The molecule has 1 heteroatoms. The Bertz CT molecular complexity index is 606. The van der Waals surface area contributed by atoms with Crippen molar-refractivity contribution in [3.8, 4) is 0 Å². The van der Waals surface area contributed by atoms with Crippen LogP contribution in [0, 0.1) is 0 Å². The summed E-state index contributed by atoms with van der Waals surface area (Å²) in [6.07, 6.45) is 9.85. The van der Waals surface area contributed by atoms with Crippen molar-refractivity contribution in [3.63, 3.8) is 0 Å². The Morgan fingerprint density at radius 3 is 2.67 bits per heavy atom. The van der Waals surface area contributed by atoms with E-state index in [-0.39, 0.29) is 0 Å². The van der Waals surface area contributed by atoms with Crippen LogP contribution in [0.3, 0.4) is 0 Å². The molecule has 90 valence electrons. The average molecular weight is 236 g/mol. The first kappa shape index (κ1) is 12.3. The van der Waals surface area contributed by atoms with Gasteiger partial charge in [0.25, 0.3) is 0 Å². The Labute approximate surface area is 108 Å². The van der Waals surface area contributed by atoms with Crippen molar-refractivity contribution in [1.82, 2.24) is 0 Å². The standard InChI is InChI=1S/C17H18N/c1-3-5-6-7-11-16-14-13-15-10-8-9-12-17(15)18(16)4-2/h3,5-14H,1,4H2,2H3/q+1. The largest absolute Gasteiger partial charge is 0.212 e. The van der Waals surface area contributed by atoms with Gasteiger partial charge in [0.15, 0.2) is 0 Å². The van der Waals surface area contributed by atoms with Gasteiger partial charge in [0.2, 0.25) is 11.2 Å². The summed E-state index contributed by atoms with van der Waals surface area (Å²) in [5.41, 5.74) is 2.49. The highest BCUT2D eigenvalue weighted by atomic mass is 15.0. The number of aryl methyl sites for hydroxylation is 1. The van der Waals surface area contributed by atoms with Gasteiger partial charge < -0.3 is 0 Å². The lowest BCUT2D eigenvalue weighted by Gasteiger charge is -2.02. The number of para-hydroxylation sites is 1. The first-order chi connectivity index (χ1) is 8.86. The summed E-state index contributed by atoms with van der Waals surface area (Å²) in [7, 11) is 0. The molecule has 0 unspecified atom stereocenters. The highest BCUT2D eigenvalue weighted by Crippen LogP contribution is 2.11. The smallest absolute Gasteiger partial charge is 0.192 e. The molecule has 1 aromatic heterocycles. The molecule has 2 rings (SSSR count). The second kappa shape index (κ2) is 5.97. The third-order valence-electron chi connectivity index (χ3n) is 2.91. The molecule has 0 atom stereocenters. The van der Waals surface area contributed by atoms with Crippen molar-refractivity contribution in [2.75, 3.05) is 0 Å². The fourth-order valence-electron chi connectivity index (χ4n) is 2.07. The van der Waals surface area contributed by atoms with Crippen molar-refractivity contribution in [2.45, 2.75) is 13.5 Å². The summed E-state index contributed by atoms with van der Waals surface area (Å²) in [4.78, 5) is 0. The molecule has 0 aliphatic heterocycles. The molecule has 0 saturated carbocycles. The number of allylic oxidation sites excluding steroid dienone is 4. The van der Waals surface area contributed by atoms with Crippen molar-refractivity contribution in [2.24, 2.45) is 0 Å². The number of benzene rings is 1. The third kappa shape index (κ3) is 2.57. The van der Waals surface area contributed by atoms with Gasteiger partial charge in [-0.2, -0.15) is 4.57 Å². The summed E-state index contributed by atoms with van der Waals surface area (Å²) >= 11 is 0. The summed E-state index contributed by atoms with van der Waals surface area (Å²) in [5, 5.41) is 1.28. The van der Waals surface area contributed by atoms with E-state index >= 15 is 0 Å². The molecular weight excluding hydrogens is 218 g/mol. The van der Waals surface area contributed by atoms with Gasteiger partial charge in [-0.1, -0.05) is 43.0 Å². The molecule has 0 fully saturated rings. The van der Waals surface area contributed by atoms with E-state index in [4.69, 9.17) is 0 Å². The summed E-state index contributed by atoms with van der Waals surface area (Å²) in [6, 6.07) is 12.8. The zero-order chi connectivity index (χ0) is 12.8. The predicted molar refractivity (Wildman–Crippen MR) is 78.2 cm³/mol. The van der Waals surface area contributed by atoms with Gasteiger partial charge in [0.1, 0.15) is 6.54 Å². The van der Waals surface area contributed by atoms with Gasteiger partial charge in [-0.3, -0.25) is 0 Å². The minimum Gasteiger partial charge on any atom is -0.192 e. The maximum atomic E-state index is 3.65. The molecule has 1 aromatic carbocycles. The molecule has 0 N–H and O–H groups in total. The van der Waals surface area contributed by atoms with Crippen LogP contribution >= 0.6 is 0 Å². The van der Waals surface area contributed by atoms with Crippen LogP contribution in [-0.2, 0) is 6.54 Å². The van der Waals surface area contributed by atoms with Crippen LogP contribution in [0.4, 0.5) is 0 Å². The SMILES string of the molecule is C=CC=CC=Cc1ccc2ccccc2[n+]1CC. The Balaban J connectivity index is 2.47. The van der Waals surface area contributed by atoms with Crippen LogP contribution in [0.25, 0.3) is 17.0 Å². The van der Waals surface area contributed by atoms with E-state index in [2.05, 4.69) is 60.5 Å². The van der Waals surface area contributed by atoms with Crippen LogP contribution in [0.15, 0.2) is 67.3 Å². The Kier molecular flexibility index (Phi) is 4.08. The number of pyridine rings is 1. The van der Waals surface area contributed by atoms with Crippen molar-refractivity contribution in [3.05, 3.63) is 73.0 Å². The van der Waals surface area contributed by atoms with Crippen LogP contribution < -0.4 is 4.57 Å². The number of fused-ring (bicyclic) bond motifs is 1. The predicted octanol–water partition coefficient (Wildman–Crippen LogP) is 3.90. The van der Waals surface area contributed by atoms with E-state index in [0.717, 1.165) is 6.54 Å². The van der Waals surface area contributed by atoms with E-state index in [9.17, 15) is 0 Å². The number of hydrogen-bond donors (Lipinski definition) is 0. The number of rotatable bonds is 4. The summed E-state index contributed by atoms with van der Waals surface area (Å²) in [5.74, 6) is 0. The van der Waals surface area contributed by atoms with Crippen molar-refractivity contribution >= 4 is 17.0 Å². The van der Waals surface area contributed by atoms with Gasteiger partial charge in [0.05, 0.1) is 0 Å². The monoisotopic (exact) mass is 236 g/mol. The van der Waals surface area contributed by atoms with Crippen molar-refractivity contribution in [1.29, 1.82) is 0 Å². The van der Waals surface area contributed by atoms with Crippen molar-refractivity contribution < 1.29 is 4.57 Å². The molecule has 1 nitrogen and oxygen atoms in total. The van der Waals surface area contributed by atoms with Gasteiger partial charge in [-0.25, -0.2) is 0 Å². The van der Waals surface area contributed by atoms with E-state index in [1.807, 2.05) is 18.2 Å². The zero-order valence-electron chi connectivity index (χ0n) is 10.7. The van der Waals surface area contributed by atoms with Gasteiger partial charge in [0, 0.05) is 23.6 Å². The molecule has 0 radical (unpaired) electrons. The lowest BCUT2D eigenvalue weighted by molar-refractivity contribution is -0.669. The molecule has 18 heavy (non-hydrogen) atoms. The summed E-state index contributed by atoms with van der Waals surface area (Å²) < 4.78 is 2.31. The second-order valence-corrected chi connectivity index (χ2v) is 4.04. The lowest BCUT2D eigenvalue weighted by atomic mass is 10.2. The van der Waals surface area contributed by atoms with Crippen LogP contribution in [0.1, 0.15) is 12.6 Å². The molecular formula is C17H18N+. The number of hydrogen-bond acceptors (Lipinski definition) is 0. The maximum absolute atomic E-state index is 3.65.